The molecule has 0 aliphatic rings. The normalized spacial score (nSPS) is 10.2. The van der Waals surface area contributed by atoms with Crippen molar-refractivity contribution in [1.29, 1.82) is 0 Å². The van der Waals surface area contributed by atoms with E-state index in [1.807, 2.05) is 0 Å². The number of nitrogens with two attached hydrogens (primary N) is 1. The highest BCUT2D eigenvalue weighted by atomic mass is 79.9. The number of hydrogen-bond acceptors (Lipinski definition) is 3. The molecule has 0 bridgehead atoms. The molecule has 0 saturated carbocycles. The van der Waals surface area contributed by atoms with Gasteiger partial charge in [0, 0.05) is 12.1 Å². The maximum atomic E-state index is 12.9. The van der Waals surface area contributed by atoms with Crippen LogP contribution >= 0.6 is 15.9 Å². The molecule has 1 aromatic carbocycles. The van der Waals surface area contributed by atoms with Crippen molar-refractivity contribution in [3.8, 4) is 11.5 Å². The molecule has 12 heavy (non-hydrogen) atoms. The van der Waals surface area contributed by atoms with Gasteiger partial charge in [-0.25, -0.2) is 0 Å². The van der Waals surface area contributed by atoms with Crippen molar-refractivity contribution in [2.45, 2.75) is 6.54 Å². The zero-order valence-electron chi connectivity index (χ0n) is 6.01. The van der Waals surface area contributed by atoms with Crippen molar-refractivity contribution >= 4 is 15.9 Å². The third-order valence-corrected chi connectivity index (χ3v) is 2.07. The number of phenolic OH excluding ortho intramolecular Hbond substituents is 2. The largest absolute Gasteiger partial charge is 0.504 e. The van der Waals surface area contributed by atoms with Crippen molar-refractivity contribution in [2.24, 2.45) is 5.73 Å². The van der Waals surface area contributed by atoms with Crippen LogP contribution in [0.5, 0.6) is 11.5 Å². The van der Waals surface area contributed by atoms with Crippen molar-refractivity contribution < 1.29 is 14.6 Å². The number of aromatic hydroxyl groups is 2. The predicted molar refractivity (Wildman–Crippen MR) is 45.3 cm³/mol. The summed E-state index contributed by atoms with van der Waals surface area (Å²) in [5.74, 6) is -2.26. The summed E-state index contributed by atoms with van der Waals surface area (Å²) >= 11 is 2.92. The summed E-state index contributed by atoms with van der Waals surface area (Å²) in [6, 6.07) is 1.37. The van der Waals surface area contributed by atoms with Gasteiger partial charge < -0.3 is 15.9 Å². The van der Waals surface area contributed by atoms with Crippen molar-refractivity contribution in [3.05, 3.63) is 21.9 Å². The predicted octanol–water partition coefficient (Wildman–Crippen LogP) is 1.46. The number of phenols is 2. The lowest BCUT2D eigenvalue weighted by Gasteiger charge is -2.05. The SMILES string of the molecule is NCc1cc(Br)c(O)c(F)c1O. The summed E-state index contributed by atoms with van der Waals surface area (Å²) < 4.78 is 13.0. The minimum Gasteiger partial charge on any atom is -0.504 e. The number of halogens is 2. The van der Waals surface area contributed by atoms with Crippen LogP contribution in [0.3, 0.4) is 0 Å². The Bertz CT molecular complexity index is 317. The molecule has 0 fully saturated rings. The van der Waals surface area contributed by atoms with E-state index in [9.17, 15) is 4.39 Å². The molecule has 5 heteroatoms. The first-order chi connectivity index (χ1) is 5.57. The second kappa shape index (κ2) is 3.28. The highest BCUT2D eigenvalue weighted by molar-refractivity contribution is 9.10. The monoisotopic (exact) mass is 235 g/mol. The second-order valence-corrected chi connectivity index (χ2v) is 3.09. The van der Waals surface area contributed by atoms with Gasteiger partial charge in [-0.1, -0.05) is 0 Å². The zero-order valence-corrected chi connectivity index (χ0v) is 7.60. The van der Waals surface area contributed by atoms with Crippen LogP contribution in [-0.2, 0) is 6.54 Å². The van der Waals surface area contributed by atoms with Crippen LogP contribution in [0, 0.1) is 5.82 Å². The van der Waals surface area contributed by atoms with E-state index in [4.69, 9.17) is 15.9 Å². The minimum absolute atomic E-state index is 0.0155. The number of benzene rings is 1. The Morgan fingerprint density at radius 3 is 2.50 bits per heavy atom. The molecule has 0 atom stereocenters. The Hall–Kier alpha value is -0.810. The molecule has 0 unspecified atom stereocenters. The molecule has 0 amide bonds. The van der Waals surface area contributed by atoms with E-state index in [0.29, 0.717) is 0 Å². The average molecular weight is 236 g/mol. The highest BCUT2D eigenvalue weighted by Crippen LogP contribution is 2.35. The second-order valence-electron chi connectivity index (χ2n) is 2.23. The summed E-state index contributed by atoms with van der Waals surface area (Å²) in [5, 5.41) is 18.1. The maximum Gasteiger partial charge on any atom is 0.207 e. The van der Waals surface area contributed by atoms with Crippen LogP contribution < -0.4 is 5.73 Å². The smallest absolute Gasteiger partial charge is 0.207 e. The van der Waals surface area contributed by atoms with Gasteiger partial charge in [0.05, 0.1) is 4.47 Å². The van der Waals surface area contributed by atoms with Gasteiger partial charge in [0.2, 0.25) is 5.82 Å². The molecule has 4 N–H and O–H groups in total. The summed E-state index contributed by atoms with van der Waals surface area (Å²) in [6.45, 7) is 0.0155. The molecular weight excluding hydrogens is 229 g/mol. The molecular formula is C7H7BrFNO2. The Balaban J connectivity index is 3.39. The molecule has 0 radical (unpaired) electrons. The first-order valence-corrected chi connectivity index (χ1v) is 3.96. The van der Waals surface area contributed by atoms with Crippen LogP contribution in [0.25, 0.3) is 0 Å². The molecule has 0 spiro atoms. The maximum absolute atomic E-state index is 12.9. The summed E-state index contributed by atoms with van der Waals surface area (Å²) in [6.07, 6.45) is 0. The Labute approximate surface area is 76.8 Å². The minimum atomic E-state index is -1.05. The lowest BCUT2D eigenvalue weighted by Crippen LogP contribution is -1.98. The van der Waals surface area contributed by atoms with E-state index < -0.39 is 17.3 Å². The van der Waals surface area contributed by atoms with Gasteiger partial charge in [0.15, 0.2) is 11.5 Å². The molecule has 0 saturated heterocycles. The first kappa shape index (κ1) is 9.28. The number of hydrogen-bond donors (Lipinski definition) is 3. The van der Waals surface area contributed by atoms with Gasteiger partial charge in [-0.3, -0.25) is 0 Å². The van der Waals surface area contributed by atoms with E-state index in [1.54, 1.807) is 0 Å². The topological polar surface area (TPSA) is 66.5 Å². The molecule has 0 aliphatic heterocycles. The fraction of sp³-hybridized carbons (Fsp3) is 0.143. The molecule has 1 rings (SSSR count). The summed E-state index contributed by atoms with van der Waals surface area (Å²) in [7, 11) is 0. The van der Waals surface area contributed by atoms with Crippen LogP contribution in [0.1, 0.15) is 5.56 Å². The molecule has 1 aromatic rings. The lowest BCUT2D eigenvalue weighted by molar-refractivity contribution is 0.383. The molecule has 66 valence electrons. The third-order valence-electron chi connectivity index (χ3n) is 1.47. The summed E-state index contributed by atoms with van der Waals surface area (Å²) in [4.78, 5) is 0. The van der Waals surface area contributed by atoms with E-state index in [-0.39, 0.29) is 16.6 Å². The van der Waals surface area contributed by atoms with Crippen molar-refractivity contribution in [3.63, 3.8) is 0 Å². The number of rotatable bonds is 1. The van der Waals surface area contributed by atoms with Gasteiger partial charge in [-0.2, -0.15) is 4.39 Å². The average Bonchev–Trinajstić information content (AvgIpc) is 2.08. The first-order valence-electron chi connectivity index (χ1n) is 3.16. The third kappa shape index (κ3) is 1.37. The standard InChI is InChI=1S/C7H7BrFNO2/c8-4-1-3(2-10)6(11)5(9)7(4)12/h1,11-12H,2,10H2. The van der Waals surface area contributed by atoms with Crippen LogP contribution in [0.15, 0.2) is 10.5 Å². The van der Waals surface area contributed by atoms with Crippen molar-refractivity contribution in [2.75, 3.05) is 0 Å². The van der Waals surface area contributed by atoms with Gasteiger partial charge in [0.1, 0.15) is 0 Å². The van der Waals surface area contributed by atoms with Crippen LogP contribution in [0.2, 0.25) is 0 Å². The lowest BCUT2D eigenvalue weighted by atomic mass is 10.2. The molecule has 3 nitrogen and oxygen atoms in total. The van der Waals surface area contributed by atoms with Gasteiger partial charge in [0.25, 0.3) is 0 Å². The zero-order chi connectivity index (χ0) is 9.30. The van der Waals surface area contributed by atoms with Gasteiger partial charge >= 0.3 is 0 Å². The molecule has 0 aliphatic carbocycles. The van der Waals surface area contributed by atoms with Crippen molar-refractivity contribution in [1.82, 2.24) is 0 Å². The Morgan fingerprint density at radius 1 is 1.42 bits per heavy atom. The summed E-state index contributed by atoms with van der Waals surface area (Å²) in [5.41, 5.74) is 5.46. The van der Waals surface area contributed by atoms with Gasteiger partial charge in [-0.15, -0.1) is 0 Å². The van der Waals surface area contributed by atoms with Crippen LogP contribution in [0.4, 0.5) is 4.39 Å². The van der Waals surface area contributed by atoms with E-state index in [0.717, 1.165) is 0 Å². The molecule has 0 heterocycles. The fourth-order valence-electron chi connectivity index (χ4n) is 0.803. The van der Waals surface area contributed by atoms with E-state index in [1.165, 1.54) is 6.07 Å². The molecule has 0 aromatic heterocycles. The fourth-order valence-corrected chi connectivity index (χ4v) is 1.25. The Morgan fingerprint density at radius 2 is 2.00 bits per heavy atom. The quantitative estimate of drug-likeness (QED) is 0.691. The van der Waals surface area contributed by atoms with E-state index >= 15 is 0 Å². The van der Waals surface area contributed by atoms with Gasteiger partial charge in [-0.05, 0) is 22.0 Å². The van der Waals surface area contributed by atoms with E-state index in [2.05, 4.69) is 15.9 Å². The highest BCUT2D eigenvalue weighted by Gasteiger charge is 2.14. The Kier molecular flexibility index (Phi) is 2.54. The van der Waals surface area contributed by atoms with Crippen LogP contribution in [-0.4, -0.2) is 10.2 Å².